The molecule has 3 aromatic rings. The number of carbonyl (C=O) groups excluding carboxylic acids is 1. The van der Waals surface area contributed by atoms with Gasteiger partial charge in [0, 0.05) is 18.1 Å². The van der Waals surface area contributed by atoms with Crippen LogP contribution in [0.5, 0.6) is 5.75 Å². The number of aliphatic hydroxyl groups is 1. The number of aromatic nitrogens is 2. The number of piperidine rings is 1. The quantitative estimate of drug-likeness (QED) is 0.715. The van der Waals surface area contributed by atoms with Gasteiger partial charge < -0.3 is 19.3 Å². The first-order chi connectivity index (χ1) is 13.6. The Kier molecular flexibility index (Phi) is 5.50. The van der Waals surface area contributed by atoms with Crippen LogP contribution in [0.1, 0.15) is 18.7 Å². The van der Waals surface area contributed by atoms with E-state index in [0.29, 0.717) is 29.7 Å². The smallest absolute Gasteiger partial charge is 0.242 e. The van der Waals surface area contributed by atoms with E-state index < -0.39 is 6.10 Å². The number of hydrogen-bond donors (Lipinski definition) is 1. The van der Waals surface area contributed by atoms with E-state index in [-0.39, 0.29) is 19.1 Å². The number of amides is 1. The fourth-order valence-electron chi connectivity index (χ4n) is 3.51. The summed E-state index contributed by atoms with van der Waals surface area (Å²) >= 11 is 5.92. The van der Waals surface area contributed by atoms with E-state index in [1.54, 1.807) is 29.2 Å². The number of benzene rings is 2. The van der Waals surface area contributed by atoms with Crippen LogP contribution in [-0.4, -0.2) is 44.7 Å². The number of likely N-dealkylation sites (tertiary alicyclic amines) is 1. The van der Waals surface area contributed by atoms with E-state index in [4.69, 9.17) is 16.3 Å². The van der Waals surface area contributed by atoms with Crippen molar-refractivity contribution in [3.8, 4) is 5.75 Å². The topological polar surface area (TPSA) is 67.6 Å². The van der Waals surface area contributed by atoms with Gasteiger partial charge in [-0.3, -0.25) is 4.79 Å². The summed E-state index contributed by atoms with van der Waals surface area (Å²) in [5.41, 5.74) is 1.71. The van der Waals surface area contributed by atoms with E-state index >= 15 is 0 Å². The summed E-state index contributed by atoms with van der Waals surface area (Å²) in [5, 5.41) is 10.5. The van der Waals surface area contributed by atoms with Crippen molar-refractivity contribution < 1.29 is 14.6 Å². The first-order valence-corrected chi connectivity index (χ1v) is 9.76. The summed E-state index contributed by atoms with van der Waals surface area (Å²) in [6, 6.07) is 14.9. The van der Waals surface area contributed by atoms with Gasteiger partial charge >= 0.3 is 0 Å². The van der Waals surface area contributed by atoms with Crippen molar-refractivity contribution >= 4 is 28.5 Å². The highest BCUT2D eigenvalue weighted by atomic mass is 35.5. The maximum atomic E-state index is 12.8. The molecule has 0 radical (unpaired) electrons. The molecule has 1 aromatic heterocycles. The maximum absolute atomic E-state index is 12.8. The van der Waals surface area contributed by atoms with Crippen LogP contribution in [-0.2, 0) is 17.9 Å². The van der Waals surface area contributed by atoms with E-state index in [0.717, 1.165) is 23.9 Å². The number of fused-ring (bicyclic) bond motifs is 1. The molecule has 0 aliphatic carbocycles. The second kappa shape index (κ2) is 8.20. The third-order valence-electron chi connectivity index (χ3n) is 4.96. The minimum atomic E-state index is -0.440. The average molecular weight is 400 g/mol. The summed E-state index contributed by atoms with van der Waals surface area (Å²) in [6.45, 7) is 1.49. The third kappa shape index (κ3) is 4.13. The molecule has 1 fully saturated rings. The zero-order valence-electron chi connectivity index (χ0n) is 15.4. The van der Waals surface area contributed by atoms with Crippen molar-refractivity contribution in [1.29, 1.82) is 0 Å². The van der Waals surface area contributed by atoms with Crippen LogP contribution in [0.4, 0.5) is 0 Å². The van der Waals surface area contributed by atoms with Crippen molar-refractivity contribution in [2.75, 3.05) is 13.1 Å². The third-order valence-corrected chi connectivity index (χ3v) is 5.21. The summed E-state index contributed by atoms with van der Waals surface area (Å²) in [7, 11) is 0. The van der Waals surface area contributed by atoms with Gasteiger partial charge in [-0.1, -0.05) is 23.7 Å². The Bertz CT molecular complexity index is 971. The van der Waals surface area contributed by atoms with Crippen LogP contribution >= 0.6 is 11.6 Å². The van der Waals surface area contributed by atoms with Crippen LogP contribution < -0.4 is 4.74 Å². The number of halogens is 1. The summed E-state index contributed by atoms with van der Waals surface area (Å²) in [6.07, 6.45) is 1.13. The fourth-order valence-corrected chi connectivity index (χ4v) is 3.63. The van der Waals surface area contributed by atoms with E-state index in [1.165, 1.54) is 0 Å². The first kappa shape index (κ1) is 18.8. The molecule has 7 heteroatoms. The van der Waals surface area contributed by atoms with Crippen LogP contribution in [0, 0.1) is 0 Å². The molecule has 28 heavy (non-hydrogen) atoms. The van der Waals surface area contributed by atoms with Crippen molar-refractivity contribution in [2.24, 2.45) is 0 Å². The Hall–Kier alpha value is -2.57. The lowest BCUT2D eigenvalue weighted by Crippen LogP contribution is -2.43. The van der Waals surface area contributed by atoms with Gasteiger partial charge in [-0.2, -0.15) is 0 Å². The molecule has 1 N–H and O–H groups in total. The van der Waals surface area contributed by atoms with Crippen LogP contribution in [0.3, 0.4) is 0 Å². The Labute approximate surface area is 168 Å². The van der Waals surface area contributed by atoms with Crippen molar-refractivity contribution in [3.63, 3.8) is 0 Å². The molecule has 1 saturated heterocycles. The van der Waals surface area contributed by atoms with Gasteiger partial charge in [-0.15, -0.1) is 0 Å². The Morgan fingerprint density at radius 1 is 1.21 bits per heavy atom. The number of hydrogen-bond acceptors (Lipinski definition) is 4. The van der Waals surface area contributed by atoms with E-state index in [1.807, 2.05) is 28.8 Å². The number of para-hydroxylation sites is 2. The predicted octanol–water partition coefficient (Wildman–Crippen LogP) is 3.25. The summed E-state index contributed by atoms with van der Waals surface area (Å²) in [5.74, 6) is 1.35. The van der Waals surface area contributed by atoms with Gasteiger partial charge in [0.05, 0.1) is 17.1 Å². The molecule has 0 bridgehead atoms. The number of imidazole rings is 1. The molecular weight excluding hydrogens is 378 g/mol. The molecule has 1 aliphatic heterocycles. The first-order valence-electron chi connectivity index (χ1n) is 9.38. The Morgan fingerprint density at radius 2 is 2.00 bits per heavy atom. The van der Waals surface area contributed by atoms with Crippen LogP contribution in [0.15, 0.2) is 48.5 Å². The Balaban J connectivity index is 1.56. The average Bonchev–Trinajstić information content (AvgIpc) is 3.05. The van der Waals surface area contributed by atoms with E-state index in [2.05, 4.69) is 4.98 Å². The molecule has 1 unspecified atom stereocenters. The zero-order chi connectivity index (χ0) is 19.5. The highest BCUT2D eigenvalue weighted by Crippen LogP contribution is 2.21. The molecule has 4 rings (SSSR count). The molecule has 146 valence electrons. The van der Waals surface area contributed by atoms with Gasteiger partial charge in [0.15, 0.2) is 0 Å². The second-order valence-electron chi connectivity index (χ2n) is 6.98. The largest absolute Gasteiger partial charge is 0.486 e. The van der Waals surface area contributed by atoms with Crippen LogP contribution in [0.25, 0.3) is 11.0 Å². The maximum Gasteiger partial charge on any atom is 0.242 e. The lowest BCUT2D eigenvalue weighted by atomic mass is 10.1. The molecule has 2 aromatic carbocycles. The van der Waals surface area contributed by atoms with Crippen molar-refractivity contribution in [2.45, 2.75) is 32.1 Å². The lowest BCUT2D eigenvalue weighted by Gasteiger charge is -2.30. The lowest BCUT2D eigenvalue weighted by molar-refractivity contribution is -0.134. The van der Waals surface area contributed by atoms with Gasteiger partial charge in [0.25, 0.3) is 0 Å². The van der Waals surface area contributed by atoms with Gasteiger partial charge in [0.1, 0.15) is 24.7 Å². The molecular formula is C21H22ClN3O3. The summed E-state index contributed by atoms with van der Waals surface area (Å²) in [4.78, 5) is 19.2. The fraction of sp³-hybridized carbons (Fsp3) is 0.333. The molecule has 2 heterocycles. The standard InChI is InChI=1S/C21H22ClN3O3/c22-15-7-9-17(10-8-15)28-14-20-23-18-5-1-2-6-19(18)25(20)13-21(27)24-11-3-4-16(26)12-24/h1-2,5-10,16,26H,3-4,11-14H2. The molecule has 0 saturated carbocycles. The van der Waals surface area contributed by atoms with Crippen LogP contribution in [0.2, 0.25) is 5.02 Å². The summed E-state index contributed by atoms with van der Waals surface area (Å²) < 4.78 is 7.75. The van der Waals surface area contributed by atoms with Crippen molar-refractivity contribution in [1.82, 2.24) is 14.5 Å². The predicted molar refractivity (Wildman–Crippen MR) is 107 cm³/mol. The molecule has 6 nitrogen and oxygen atoms in total. The number of ether oxygens (including phenoxy) is 1. The molecule has 0 spiro atoms. The van der Waals surface area contributed by atoms with E-state index in [9.17, 15) is 9.90 Å². The molecule has 1 atom stereocenters. The minimum Gasteiger partial charge on any atom is -0.486 e. The molecule has 1 aliphatic rings. The normalized spacial score (nSPS) is 17.1. The SMILES string of the molecule is O=C(Cn1c(COc2ccc(Cl)cc2)nc2ccccc21)N1CCCC(O)C1. The molecule has 1 amide bonds. The Morgan fingerprint density at radius 3 is 2.79 bits per heavy atom. The van der Waals surface area contributed by atoms with Gasteiger partial charge in [-0.25, -0.2) is 4.98 Å². The number of carbonyl (C=O) groups is 1. The number of rotatable bonds is 5. The number of β-amino-alcohol motifs (C(OH)–C–C–N with tert-alkyl or cyclic N) is 1. The van der Waals surface area contributed by atoms with Gasteiger partial charge in [0.2, 0.25) is 5.91 Å². The highest BCUT2D eigenvalue weighted by molar-refractivity contribution is 6.30. The number of aliphatic hydroxyl groups excluding tert-OH is 1. The minimum absolute atomic E-state index is 0.0188. The van der Waals surface area contributed by atoms with Gasteiger partial charge in [-0.05, 0) is 49.2 Å². The van der Waals surface area contributed by atoms with Crippen molar-refractivity contribution in [3.05, 3.63) is 59.4 Å². The number of nitrogens with zero attached hydrogens (tertiary/aromatic N) is 3. The highest BCUT2D eigenvalue weighted by Gasteiger charge is 2.23. The zero-order valence-corrected chi connectivity index (χ0v) is 16.2. The second-order valence-corrected chi connectivity index (χ2v) is 7.42. The monoisotopic (exact) mass is 399 g/mol.